The summed E-state index contributed by atoms with van der Waals surface area (Å²) in [5.74, 6) is 0.365. The lowest BCUT2D eigenvalue weighted by Gasteiger charge is -2.39. The first kappa shape index (κ1) is 27.5. The summed E-state index contributed by atoms with van der Waals surface area (Å²) < 4.78 is 69.3. The summed E-state index contributed by atoms with van der Waals surface area (Å²) in [5, 5.41) is 2.05. The van der Waals surface area contributed by atoms with Crippen LogP contribution in [0.25, 0.3) is 21.9 Å². The van der Waals surface area contributed by atoms with Crippen molar-refractivity contribution in [1.29, 1.82) is 0 Å². The lowest BCUT2D eigenvalue weighted by Crippen LogP contribution is -2.47. The number of hydrogen-bond donors (Lipinski definition) is 1. The number of aromatic amines is 1. The van der Waals surface area contributed by atoms with Crippen LogP contribution in [0.5, 0.6) is 5.75 Å². The molecule has 5 heterocycles. The van der Waals surface area contributed by atoms with Gasteiger partial charge in [-0.15, -0.1) is 0 Å². The molecule has 6 rings (SSSR count). The molecule has 1 atom stereocenters. The van der Waals surface area contributed by atoms with Crippen LogP contribution in [0.4, 0.5) is 18.9 Å². The molecule has 12 heteroatoms. The van der Waals surface area contributed by atoms with Gasteiger partial charge in [0.1, 0.15) is 10.7 Å². The maximum absolute atomic E-state index is 12.8. The number of aromatic nitrogens is 3. The summed E-state index contributed by atoms with van der Waals surface area (Å²) in [6.45, 7) is 2.96. The molecule has 2 fully saturated rings. The minimum Gasteiger partial charge on any atom is -0.493 e. The largest absolute Gasteiger partial charge is 0.493 e. The Balaban J connectivity index is 1.11. The summed E-state index contributed by atoms with van der Waals surface area (Å²) in [5.41, 5.74) is 1.99. The van der Waals surface area contributed by atoms with Gasteiger partial charge in [0.2, 0.25) is 10.3 Å². The van der Waals surface area contributed by atoms with E-state index in [0.717, 1.165) is 60.0 Å². The Morgan fingerprint density at radius 3 is 2.54 bits per heavy atom. The first-order valence-electron chi connectivity index (χ1n) is 13.7. The Morgan fingerprint density at radius 1 is 1.02 bits per heavy atom. The van der Waals surface area contributed by atoms with E-state index >= 15 is 0 Å². The number of alkyl halides is 3. The first-order chi connectivity index (χ1) is 19.8. The number of nitrogens with zero attached hydrogens (tertiary/aromatic N) is 4. The third-order valence-electron chi connectivity index (χ3n) is 8.12. The average molecular weight is 586 g/mol. The molecule has 4 aromatic rings. The lowest BCUT2D eigenvalue weighted by atomic mass is 9.92. The van der Waals surface area contributed by atoms with Gasteiger partial charge in [0.25, 0.3) is 0 Å². The number of ether oxygens (including phenoxy) is 1. The number of halogens is 3. The second kappa shape index (κ2) is 11.3. The normalized spacial score (nSPS) is 19.1. The fourth-order valence-electron chi connectivity index (χ4n) is 6.12. The second-order valence-electron chi connectivity index (χ2n) is 10.7. The van der Waals surface area contributed by atoms with Crippen molar-refractivity contribution < 1.29 is 26.3 Å². The molecule has 2 aliphatic rings. The van der Waals surface area contributed by atoms with Gasteiger partial charge in [-0.2, -0.15) is 21.6 Å². The zero-order chi connectivity index (χ0) is 28.6. The highest BCUT2D eigenvalue weighted by molar-refractivity contribution is 7.72. The van der Waals surface area contributed by atoms with Crippen molar-refractivity contribution in [2.24, 2.45) is 11.8 Å². The molecule has 41 heavy (non-hydrogen) atoms. The van der Waals surface area contributed by atoms with Crippen LogP contribution in [0, 0.1) is 11.8 Å². The van der Waals surface area contributed by atoms with Gasteiger partial charge in [0.05, 0.1) is 23.9 Å². The summed E-state index contributed by atoms with van der Waals surface area (Å²) >= 11 is 0. The number of anilines is 1. The van der Waals surface area contributed by atoms with E-state index in [0.29, 0.717) is 48.9 Å². The Kier molecular flexibility index (Phi) is 7.60. The van der Waals surface area contributed by atoms with Crippen molar-refractivity contribution in [3.63, 3.8) is 0 Å². The molecule has 1 N–H and O–H groups in total. The molecule has 0 aliphatic carbocycles. The summed E-state index contributed by atoms with van der Waals surface area (Å²) in [6.07, 6.45) is 4.17. The first-order valence-corrected chi connectivity index (χ1v) is 14.8. The summed E-state index contributed by atoms with van der Waals surface area (Å²) in [4.78, 5) is 16.8. The van der Waals surface area contributed by atoms with E-state index in [2.05, 4.69) is 25.9 Å². The minimum absolute atomic E-state index is 0.0748. The van der Waals surface area contributed by atoms with Crippen molar-refractivity contribution >= 4 is 42.9 Å². The smallest absolute Gasteiger partial charge is 0.416 e. The van der Waals surface area contributed by atoms with Crippen LogP contribution in [0.3, 0.4) is 0 Å². The van der Waals surface area contributed by atoms with Gasteiger partial charge in [-0.3, -0.25) is 4.90 Å². The van der Waals surface area contributed by atoms with E-state index in [4.69, 9.17) is 4.74 Å². The number of fused-ring (bicyclic) bond motifs is 3. The van der Waals surface area contributed by atoms with Crippen molar-refractivity contribution in [1.82, 2.24) is 19.9 Å². The third-order valence-corrected chi connectivity index (χ3v) is 9.06. The average Bonchev–Trinajstić information content (AvgIpc) is 3.46. The lowest BCUT2D eigenvalue weighted by molar-refractivity contribution is -0.137. The molecule has 0 amide bonds. The molecule has 0 bridgehead atoms. The number of rotatable bonds is 5. The topological polar surface area (TPSA) is 91.4 Å². The zero-order valence-corrected chi connectivity index (χ0v) is 23.1. The number of hydrogen-bond acceptors (Lipinski definition) is 6. The van der Waals surface area contributed by atoms with Crippen molar-refractivity contribution in [3.8, 4) is 5.75 Å². The number of piperidine rings is 2. The molecule has 0 radical (unpaired) electrons. The summed E-state index contributed by atoms with van der Waals surface area (Å²) in [6, 6.07) is 8.69. The van der Waals surface area contributed by atoms with E-state index in [9.17, 15) is 21.6 Å². The molecule has 1 aromatic carbocycles. The third kappa shape index (κ3) is 5.76. The number of nitrogens with one attached hydrogen (secondary N) is 1. The van der Waals surface area contributed by atoms with Gasteiger partial charge in [-0.05, 0) is 62.1 Å². The van der Waals surface area contributed by atoms with Gasteiger partial charge in [0.15, 0.2) is 5.65 Å². The van der Waals surface area contributed by atoms with Crippen molar-refractivity contribution in [2.75, 3.05) is 37.7 Å². The number of likely N-dealkylation sites (tertiary alicyclic amines) is 1. The Labute approximate surface area is 236 Å². The highest BCUT2D eigenvalue weighted by Crippen LogP contribution is 2.34. The van der Waals surface area contributed by atoms with Gasteiger partial charge in [-0.1, -0.05) is 0 Å². The molecule has 1 unspecified atom stereocenters. The highest BCUT2D eigenvalue weighted by Gasteiger charge is 2.33. The Morgan fingerprint density at radius 2 is 1.80 bits per heavy atom. The standard InChI is InChI=1S/C29H30F3N5O3S/c30-29(31,32)21-3-5-22(6-4-21)40-18-19-2-1-13-37(17-19)28(41(38)39)20-9-14-36(15-10-20)25-8-12-33-24-16-35-27-23(26(24)25)7-11-34-27/h3-8,11-12,16,19-20,33H,1-2,9-10,13-15,17-18H2. The van der Waals surface area contributed by atoms with E-state index in [1.165, 1.54) is 12.1 Å². The van der Waals surface area contributed by atoms with E-state index in [1.54, 1.807) is 12.4 Å². The molecule has 216 valence electrons. The molecule has 0 spiro atoms. The van der Waals surface area contributed by atoms with Crippen LogP contribution in [0.1, 0.15) is 31.2 Å². The quantitative estimate of drug-likeness (QED) is 0.324. The zero-order valence-electron chi connectivity index (χ0n) is 22.3. The van der Waals surface area contributed by atoms with Gasteiger partial charge in [0, 0.05) is 66.9 Å². The van der Waals surface area contributed by atoms with Gasteiger partial charge < -0.3 is 14.6 Å². The van der Waals surface area contributed by atoms with E-state index in [1.807, 2.05) is 17.2 Å². The molecular formula is C29H30F3N5O3S. The molecule has 0 saturated carbocycles. The fourth-order valence-corrected chi connectivity index (χ4v) is 7.01. The predicted molar refractivity (Wildman–Crippen MR) is 151 cm³/mol. The fraction of sp³-hybridized carbons (Fsp3) is 0.414. The molecule has 2 saturated heterocycles. The van der Waals surface area contributed by atoms with Gasteiger partial charge >= 0.3 is 6.18 Å². The number of pyridine rings is 2. The predicted octanol–water partition coefficient (Wildman–Crippen LogP) is 5.15. The van der Waals surface area contributed by atoms with Crippen LogP contribution < -0.4 is 9.64 Å². The monoisotopic (exact) mass is 585 g/mol. The summed E-state index contributed by atoms with van der Waals surface area (Å²) in [7, 11) is -2.35. The van der Waals surface area contributed by atoms with Crippen molar-refractivity contribution in [3.05, 3.63) is 60.6 Å². The van der Waals surface area contributed by atoms with Crippen LogP contribution in [0.2, 0.25) is 0 Å². The van der Waals surface area contributed by atoms with Crippen LogP contribution >= 0.6 is 0 Å². The van der Waals surface area contributed by atoms with Gasteiger partial charge in [-0.25, -0.2) is 9.97 Å². The maximum Gasteiger partial charge on any atom is 0.416 e. The molecule has 8 nitrogen and oxygen atoms in total. The number of benzene rings is 1. The van der Waals surface area contributed by atoms with E-state index < -0.39 is 22.0 Å². The van der Waals surface area contributed by atoms with Crippen molar-refractivity contribution in [2.45, 2.75) is 31.9 Å². The molecule has 3 aromatic heterocycles. The Bertz CT molecular complexity index is 1670. The van der Waals surface area contributed by atoms with Crippen LogP contribution in [0.15, 0.2) is 55.0 Å². The number of H-pyrrole nitrogens is 1. The second-order valence-corrected chi connectivity index (χ2v) is 11.6. The van der Waals surface area contributed by atoms with Crippen LogP contribution in [-0.2, 0) is 16.5 Å². The maximum atomic E-state index is 12.8. The Hall–Kier alpha value is -3.64. The molecule has 2 aliphatic heterocycles. The minimum atomic E-state index is -4.39. The SMILES string of the molecule is O=S(=O)=C(C1CCN(c2cc[nH]c3cnc4nccc4c23)CC1)N1CCCC(COc2ccc(C(F)(F)F)cc2)C1. The van der Waals surface area contributed by atoms with E-state index in [-0.39, 0.29) is 11.8 Å². The highest BCUT2D eigenvalue weighted by atomic mass is 32.2. The van der Waals surface area contributed by atoms with Crippen LogP contribution in [-0.4, -0.2) is 66.0 Å². The molecular weight excluding hydrogens is 555 g/mol.